The Hall–Kier alpha value is -3.32. The van der Waals surface area contributed by atoms with Gasteiger partial charge in [0.15, 0.2) is 11.5 Å². The Morgan fingerprint density at radius 1 is 1.06 bits per heavy atom. The number of aryl methyl sites for hydroxylation is 1. The Balaban J connectivity index is 1.63. The molecule has 0 radical (unpaired) electrons. The molecule has 0 unspecified atom stereocenters. The normalized spacial score (nSPS) is 15.6. The molecule has 7 nitrogen and oxygen atoms in total. The summed E-state index contributed by atoms with van der Waals surface area (Å²) < 4.78 is 11.9. The number of likely N-dealkylation sites (tertiary alicyclic amines) is 1. The van der Waals surface area contributed by atoms with Gasteiger partial charge in [0.2, 0.25) is 0 Å². The van der Waals surface area contributed by atoms with Crippen LogP contribution in [0.5, 0.6) is 11.5 Å². The average Bonchev–Trinajstić information content (AvgIpc) is 2.80. The molecule has 166 valence electrons. The van der Waals surface area contributed by atoms with E-state index in [0.29, 0.717) is 29.8 Å². The highest BCUT2D eigenvalue weighted by atomic mass is 16.5. The summed E-state index contributed by atoms with van der Waals surface area (Å²) in [6.45, 7) is 4.88. The minimum absolute atomic E-state index is 0.442. The third-order valence-electron chi connectivity index (χ3n) is 6.72. The molecule has 0 bridgehead atoms. The van der Waals surface area contributed by atoms with Gasteiger partial charge in [-0.05, 0) is 63.5 Å². The predicted octanol–water partition coefficient (Wildman–Crippen LogP) is 4.14. The minimum atomic E-state index is 0.442. The van der Waals surface area contributed by atoms with Gasteiger partial charge < -0.3 is 25.8 Å². The molecule has 0 amide bonds. The standard InChI is InChI=1S/C25H29N5O2/c1-14-19(26)5-4-16-23-17-10-21(31-3)22(32-13-15-6-8-30(2)9-7-15)11-20(17)28-12-18(23)25(27)29-24(14)16/h4-5,10-12,15H,6-9,13,26H2,1-3H3,(H2,27,29). The van der Waals surface area contributed by atoms with Crippen molar-refractivity contribution in [3.63, 3.8) is 0 Å². The number of nitrogens with two attached hydrogens (primary N) is 2. The van der Waals surface area contributed by atoms with E-state index in [9.17, 15) is 0 Å². The van der Waals surface area contributed by atoms with E-state index in [1.807, 2.05) is 31.2 Å². The van der Waals surface area contributed by atoms with E-state index in [1.165, 1.54) is 0 Å². The van der Waals surface area contributed by atoms with Crippen LogP contribution in [0.25, 0.3) is 32.6 Å². The Bertz CT molecular complexity index is 1330. The van der Waals surface area contributed by atoms with Gasteiger partial charge in [0.25, 0.3) is 0 Å². The number of piperidine rings is 1. The zero-order chi connectivity index (χ0) is 22.4. The van der Waals surface area contributed by atoms with Crippen molar-refractivity contribution in [2.24, 2.45) is 5.92 Å². The number of aromatic nitrogens is 2. The second kappa shape index (κ2) is 7.98. The topological polar surface area (TPSA) is 99.5 Å². The first-order chi connectivity index (χ1) is 15.5. The highest BCUT2D eigenvalue weighted by Crippen LogP contribution is 2.39. The first kappa shape index (κ1) is 20.6. The summed E-state index contributed by atoms with van der Waals surface area (Å²) in [6.07, 6.45) is 4.09. The largest absolute Gasteiger partial charge is 0.493 e. The lowest BCUT2D eigenvalue weighted by atomic mass is 9.98. The lowest BCUT2D eigenvalue weighted by Gasteiger charge is -2.28. The van der Waals surface area contributed by atoms with Gasteiger partial charge >= 0.3 is 0 Å². The van der Waals surface area contributed by atoms with Gasteiger partial charge in [-0.25, -0.2) is 4.98 Å². The van der Waals surface area contributed by atoms with Crippen LogP contribution in [0.3, 0.4) is 0 Å². The molecule has 7 heteroatoms. The number of rotatable bonds is 4. The Kier molecular flexibility index (Phi) is 5.13. The molecule has 4 aromatic rings. The van der Waals surface area contributed by atoms with Crippen LogP contribution in [-0.2, 0) is 0 Å². The van der Waals surface area contributed by atoms with Crippen molar-refractivity contribution in [3.8, 4) is 11.5 Å². The van der Waals surface area contributed by atoms with Crippen molar-refractivity contribution in [3.05, 3.63) is 36.0 Å². The first-order valence-electron chi connectivity index (χ1n) is 11.0. The SMILES string of the molecule is COc1cc2c(cc1OCC1CCN(C)CC1)ncc1c(N)nc3c(C)c(N)ccc3c12. The lowest BCUT2D eigenvalue weighted by molar-refractivity contribution is 0.157. The molecule has 1 saturated heterocycles. The van der Waals surface area contributed by atoms with Crippen LogP contribution in [-0.4, -0.2) is 48.7 Å². The third-order valence-corrected chi connectivity index (χ3v) is 6.72. The molecule has 1 aliphatic heterocycles. The maximum Gasteiger partial charge on any atom is 0.163 e. The van der Waals surface area contributed by atoms with Crippen LogP contribution < -0.4 is 20.9 Å². The molecule has 2 aromatic heterocycles. The summed E-state index contributed by atoms with van der Waals surface area (Å²) in [5, 5.41) is 3.77. The van der Waals surface area contributed by atoms with Crippen molar-refractivity contribution in [2.45, 2.75) is 19.8 Å². The maximum atomic E-state index is 6.32. The van der Waals surface area contributed by atoms with Crippen LogP contribution in [0.4, 0.5) is 11.5 Å². The van der Waals surface area contributed by atoms with Crippen molar-refractivity contribution in [2.75, 3.05) is 45.3 Å². The zero-order valence-electron chi connectivity index (χ0n) is 18.8. The van der Waals surface area contributed by atoms with Crippen molar-refractivity contribution < 1.29 is 9.47 Å². The quantitative estimate of drug-likeness (QED) is 0.370. The fraction of sp³-hybridized carbons (Fsp3) is 0.360. The third kappa shape index (κ3) is 3.42. The molecular weight excluding hydrogens is 402 g/mol. The maximum absolute atomic E-state index is 6.32. The molecule has 0 atom stereocenters. The number of methoxy groups -OCH3 is 1. The van der Waals surface area contributed by atoms with Crippen molar-refractivity contribution >= 4 is 44.1 Å². The van der Waals surface area contributed by atoms with Gasteiger partial charge in [-0.3, -0.25) is 4.98 Å². The predicted molar refractivity (Wildman–Crippen MR) is 130 cm³/mol. The molecular formula is C25H29N5O2. The van der Waals surface area contributed by atoms with Crippen LogP contribution in [0.15, 0.2) is 30.5 Å². The molecule has 0 aliphatic carbocycles. The summed E-state index contributed by atoms with van der Waals surface area (Å²) in [5.41, 5.74) is 15.7. The van der Waals surface area contributed by atoms with E-state index in [4.69, 9.17) is 20.9 Å². The monoisotopic (exact) mass is 431 g/mol. The smallest absolute Gasteiger partial charge is 0.163 e. The van der Waals surface area contributed by atoms with E-state index >= 15 is 0 Å². The summed E-state index contributed by atoms with van der Waals surface area (Å²) in [7, 11) is 3.84. The molecule has 5 rings (SSSR count). The van der Waals surface area contributed by atoms with E-state index in [2.05, 4.69) is 21.9 Å². The van der Waals surface area contributed by atoms with Gasteiger partial charge in [0, 0.05) is 39.5 Å². The Morgan fingerprint density at radius 2 is 1.84 bits per heavy atom. The summed E-state index contributed by atoms with van der Waals surface area (Å²) in [4.78, 5) is 11.7. The highest BCUT2D eigenvalue weighted by Gasteiger charge is 2.19. The molecule has 3 heterocycles. The molecule has 1 aliphatic rings. The van der Waals surface area contributed by atoms with Crippen molar-refractivity contribution in [1.82, 2.24) is 14.9 Å². The number of ether oxygens (including phenoxy) is 2. The molecule has 2 aromatic carbocycles. The minimum Gasteiger partial charge on any atom is -0.493 e. The number of hydrogen-bond acceptors (Lipinski definition) is 7. The van der Waals surface area contributed by atoms with E-state index < -0.39 is 0 Å². The van der Waals surface area contributed by atoms with E-state index in [-0.39, 0.29) is 0 Å². The van der Waals surface area contributed by atoms with Crippen molar-refractivity contribution in [1.29, 1.82) is 0 Å². The number of hydrogen-bond donors (Lipinski definition) is 2. The van der Waals surface area contributed by atoms with Gasteiger partial charge in [-0.1, -0.05) is 6.07 Å². The lowest BCUT2D eigenvalue weighted by Crippen LogP contribution is -2.32. The molecule has 32 heavy (non-hydrogen) atoms. The second-order valence-electron chi connectivity index (χ2n) is 8.80. The number of pyridine rings is 2. The number of anilines is 2. The van der Waals surface area contributed by atoms with Crippen LogP contribution in [0.1, 0.15) is 18.4 Å². The van der Waals surface area contributed by atoms with Gasteiger partial charge in [-0.2, -0.15) is 0 Å². The summed E-state index contributed by atoms with van der Waals surface area (Å²) in [5.74, 6) is 2.41. The average molecular weight is 432 g/mol. The number of nitrogens with zero attached hydrogens (tertiary/aromatic N) is 3. The fourth-order valence-electron chi connectivity index (χ4n) is 4.64. The Labute approximate surface area is 187 Å². The summed E-state index contributed by atoms with van der Waals surface area (Å²) in [6, 6.07) is 7.88. The first-order valence-corrected chi connectivity index (χ1v) is 11.0. The van der Waals surface area contributed by atoms with E-state index in [0.717, 1.165) is 69.8 Å². The van der Waals surface area contributed by atoms with Gasteiger partial charge in [-0.15, -0.1) is 0 Å². The van der Waals surface area contributed by atoms with Gasteiger partial charge in [0.1, 0.15) is 5.82 Å². The van der Waals surface area contributed by atoms with Gasteiger partial charge in [0.05, 0.1) is 24.8 Å². The van der Waals surface area contributed by atoms with E-state index in [1.54, 1.807) is 13.3 Å². The highest BCUT2D eigenvalue weighted by molar-refractivity contribution is 6.21. The van der Waals surface area contributed by atoms with Crippen LogP contribution in [0.2, 0.25) is 0 Å². The second-order valence-corrected chi connectivity index (χ2v) is 8.80. The molecule has 1 fully saturated rings. The number of nitrogen functional groups attached to an aromatic ring is 2. The zero-order valence-corrected chi connectivity index (χ0v) is 18.8. The number of fused-ring (bicyclic) bond motifs is 5. The Morgan fingerprint density at radius 3 is 2.59 bits per heavy atom. The fourth-order valence-corrected chi connectivity index (χ4v) is 4.64. The molecule has 4 N–H and O–H groups in total. The molecule has 0 spiro atoms. The van der Waals surface area contributed by atoms with Crippen LogP contribution >= 0.6 is 0 Å². The van der Waals surface area contributed by atoms with Crippen LogP contribution in [0, 0.1) is 12.8 Å². The summed E-state index contributed by atoms with van der Waals surface area (Å²) >= 11 is 0. The number of benzene rings is 2. The molecule has 0 saturated carbocycles.